The van der Waals surface area contributed by atoms with Crippen molar-refractivity contribution in [3.63, 3.8) is 0 Å². The number of piperazine rings is 1. The van der Waals surface area contributed by atoms with E-state index in [1.807, 2.05) is 23.1 Å². The zero-order chi connectivity index (χ0) is 19.2. The van der Waals surface area contributed by atoms with E-state index in [4.69, 9.17) is 0 Å². The van der Waals surface area contributed by atoms with Gasteiger partial charge in [0.15, 0.2) is 0 Å². The molecule has 3 rings (SSSR count). The Labute approximate surface area is 163 Å². The van der Waals surface area contributed by atoms with Crippen LogP contribution >= 0.6 is 0 Å². The molecule has 1 fully saturated rings. The van der Waals surface area contributed by atoms with Crippen LogP contribution in [0.2, 0.25) is 0 Å². The van der Waals surface area contributed by atoms with Gasteiger partial charge in [-0.05, 0) is 50.1 Å². The number of rotatable bonds is 6. The summed E-state index contributed by atoms with van der Waals surface area (Å²) < 4.78 is 0. The third-order valence-corrected chi connectivity index (χ3v) is 5.65. The molecule has 0 saturated carbocycles. The summed E-state index contributed by atoms with van der Waals surface area (Å²) in [6.45, 7) is 11.6. The van der Waals surface area contributed by atoms with Crippen molar-refractivity contribution in [2.45, 2.75) is 27.2 Å². The molecule has 1 amide bonds. The highest BCUT2D eigenvalue weighted by molar-refractivity contribution is 5.77. The molecule has 4 heteroatoms. The van der Waals surface area contributed by atoms with Crippen LogP contribution in [0.4, 0.5) is 11.4 Å². The van der Waals surface area contributed by atoms with Gasteiger partial charge in [-0.25, -0.2) is 0 Å². The quantitative estimate of drug-likeness (QED) is 0.777. The normalized spacial score (nSPS) is 14.3. The smallest absolute Gasteiger partial charge is 0.224 e. The lowest BCUT2D eigenvalue weighted by atomic mass is 10.1. The van der Waals surface area contributed by atoms with Crippen molar-refractivity contribution < 1.29 is 4.79 Å². The van der Waals surface area contributed by atoms with Crippen LogP contribution in [0, 0.1) is 13.8 Å². The van der Waals surface area contributed by atoms with Crippen molar-refractivity contribution in [1.29, 1.82) is 0 Å². The molecule has 0 radical (unpaired) electrons. The first-order valence-electron chi connectivity index (χ1n) is 9.99. The van der Waals surface area contributed by atoms with Crippen molar-refractivity contribution in [2.75, 3.05) is 49.1 Å². The number of benzene rings is 2. The predicted octanol–water partition coefficient (Wildman–Crippen LogP) is 3.87. The minimum atomic E-state index is 0.269. The Balaban J connectivity index is 1.52. The molecule has 144 valence electrons. The summed E-state index contributed by atoms with van der Waals surface area (Å²) in [5, 5.41) is 0. The molecular weight excluding hydrogens is 334 g/mol. The Hall–Kier alpha value is -2.49. The molecule has 1 saturated heterocycles. The highest BCUT2D eigenvalue weighted by atomic mass is 16.2. The molecule has 2 aromatic rings. The number of carbonyl (C=O) groups is 1. The second-order valence-corrected chi connectivity index (χ2v) is 7.25. The summed E-state index contributed by atoms with van der Waals surface area (Å²) >= 11 is 0. The molecule has 0 atom stereocenters. The predicted molar refractivity (Wildman–Crippen MR) is 114 cm³/mol. The first kappa shape index (κ1) is 19.3. The van der Waals surface area contributed by atoms with Gasteiger partial charge in [-0.2, -0.15) is 0 Å². The van der Waals surface area contributed by atoms with E-state index in [-0.39, 0.29) is 5.91 Å². The fraction of sp³-hybridized carbons (Fsp3) is 0.435. The minimum Gasteiger partial charge on any atom is -0.371 e. The molecule has 1 heterocycles. The highest BCUT2D eigenvalue weighted by Crippen LogP contribution is 2.24. The van der Waals surface area contributed by atoms with E-state index < -0.39 is 0 Å². The van der Waals surface area contributed by atoms with Crippen LogP contribution in [0.3, 0.4) is 0 Å². The van der Waals surface area contributed by atoms with Gasteiger partial charge in [-0.1, -0.05) is 30.3 Å². The molecule has 1 aliphatic rings. The Morgan fingerprint density at radius 2 is 1.67 bits per heavy atom. The number of hydrogen-bond donors (Lipinski definition) is 0. The Morgan fingerprint density at radius 3 is 2.33 bits per heavy atom. The van der Waals surface area contributed by atoms with Gasteiger partial charge in [0.05, 0.1) is 0 Å². The topological polar surface area (TPSA) is 26.8 Å². The van der Waals surface area contributed by atoms with Crippen LogP contribution in [0.5, 0.6) is 0 Å². The van der Waals surface area contributed by atoms with Crippen LogP contribution in [-0.4, -0.2) is 50.1 Å². The van der Waals surface area contributed by atoms with E-state index >= 15 is 0 Å². The zero-order valence-corrected chi connectivity index (χ0v) is 16.8. The van der Waals surface area contributed by atoms with E-state index in [9.17, 15) is 4.79 Å². The van der Waals surface area contributed by atoms with Gasteiger partial charge in [0.1, 0.15) is 0 Å². The monoisotopic (exact) mass is 365 g/mol. The lowest BCUT2D eigenvalue weighted by Crippen LogP contribution is -2.49. The van der Waals surface area contributed by atoms with Crippen molar-refractivity contribution in [1.82, 2.24) is 4.90 Å². The number of hydrogen-bond acceptors (Lipinski definition) is 3. The van der Waals surface area contributed by atoms with Crippen LogP contribution in [-0.2, 0) is 4.79 Å². The van der Waals surface area contributed by atoms with Crippen LogP contribution in [0.25, 0.3) is 0 Å². The number of para-hydroxylation sites is 1. The number of carbonyl (C=O) groups excluding carboxylic acids is 1. The molecule has 0 spiro atoms. The first-order valence-corrected chi connectivity index (χ1v) is 9.99. The second kappa shape index (κ2) is 8.94. The van der Waals surface area contributed by atoms with E-state index in [0.29, 0.717) is 6.42 Å². The summed E-state index contributed by atoms with van der Waals surface area (Å²) in [7, 11) is 0. The van der Waals surface area contributed by atoms with Crippen molar-refractivity contribution in [2.24, 2.45) is 0 Å². The van der Waals surface area contributed by atoms with Gasteiger partial charge < -0.3 is 14.7 Å². The SMILES string of the molecule is CCN(CCC(=O)N1CCN(c2cccc(C)c2C)CC1)c1ccccc1. The average Bonchev–Trinajstić information content (AvgIpc) is 2.71. The maximum absolute atomic E-state index is 12.7. The summed E-state index contributed by atoms with van der Waals surface area (Å²) in [5.41, 5.74) is 5.17. The summed E-state index contributed by atoms with van der Waals surface area (Å²) in [6, 6.07) is 16.8. The van der Waals surface area contributed by atoms with Crippen LogP contribution < -0.4 is 9.80 Å². The second-order valence-electron chi connectivity index (χ2n) is 7.25. The summed E-state index contributed by atoms with van der Waals surface area (Å²) in [5.74, 6) is 0.269. The fourth-order valence-corrected chi connectivity index (χ4v) is 3.77. The molecule has 27 heavy (non-hydrogen) atoms. The molecular formula is C23H31N3O. The summed E-state index contributed by atoms with van der Waals surface area (Å²) in [6.07, 6.45) is 0.576. The fourth-order valence-electron chi connectivity index (χ4n) is 3.77. The van der Waals surface area contributed by atoms with Crippen molar-refractivity contribution in [3.8, 4) is 0 Å². The molecule has 2 aromatic carbocycles. The minimum absolute atomic E-state index is 0.269. The van der Waals surface area contributed by atoms with E-state index in [2.05, 4.69) is 60.9 Å². The largest absolute Gasteiger partial charge is 0.371 e. The molecule has 0 unspecified atom stereocenters. The molecule has 0 N–H and O–H groups in total. The van der Waals surface area contributed by atoms with Gasteiger partial charge >= 0.3 is 0 Å². The molecule has 4 nitrogen and oxygen atoms in total. The van der Waals surface area contributed by atoms with Gasteiger partial charge in [0.25, 0.3) is 0 Å². The van der Waals surface area contributed by atoms with E-state index in [1.165, 1.54) is 22.5 Å². The van der Waals surface area contributed by atoms with Gasteiger partial charge in [-0.15, -0.1) is 0 Å². The number of aryl methyl sites for hydroxylation is 1. The molecule has 0 aromatic heterocycles. The van der Waals surface area contributed by atoms with Crippen molar-refractivity contribution in [3.05, 3.63) is 59.7 Å². The Morgan fingerprint density at radius 1 is 0.963 bits per heavy atom. The lowest BCUT2D eigenvalue weighted by molar-refractivity contribution is -0.131. The molecule has 1 aliphatic heterocycles. The van der Waals surface area contributed by atoms with E-state index in [0.717, 1.165) is 39.3 Å². The van der Waals surface area contributed by atoms with Crippen LogP contribution in [0.15, 0.2) is 48.5 Å². The number of anilines is 2. The lowest BCUT2D eigenvalue weighted by Gasteiger charge is -2.37. The first-order chi connectivity index (χ1) is 13.1. The standard InChI is InChI=1S/C23H31N3O/c1-4-24(21-10-6-5-7-11-21)14-13-23(27)26-17-15-25(16-18-26)22-12-8-9-19(2)20(22)3/h5-12H,4,13-18H2,1-3H3. The van der Waals surface area contributed by atoms with Gasteiger partial charge in [0.2, 0.25) is 5.91 Å². The van der Waals surface area contributed by atoms with Gasteiger partial charge in [-0.3, -0.25) is 4.79 Å². The Kier molecular flexibility index (Phi) is 6.38. The molecule has 0 bridgehead atoms. The van der Waals surface area contributed by atoms with Crippen LogP contribution in [0.1, 0.15) is 24.5 Å². The zero-order valence-electron chi connectivity index (χ0n) is 16.8. The average molecular weight is 366 g/mol. The molecule has 0 aliphatic carbocycles. The number of amides is 1. The number of nitrogens with zero attached hydrogens (tertiary/aromatic N) is 3. The Bertz CT molecular complexity index is 751. The maximum Gasteiger partial charge on any atom is 0.224 e. The van der Waals surface area contributed by atoms with Crippen molar-refractivity contribution >= 4 is 17.3 Å². The van der Waals surface area contributed by atoms with E-state index in [1.54, 1.807) is 0 Å². The summed E-state index contributed by atoms with van der Waals surface area (Å²) in [4.78, 5) is 19.4. The third kappa shape index (κ3) is 4.62. The van der Waals surface area contributed by atoms with Gasteiger partial charge in [0, 0.05) is 57.1 Å². The third-order valence-electron chi connectivity index (χ3n) is 5.65. The highest BCUT2D eigenvalue weighted by Gasteiger charge is 2.22. The maximum atomic E-state index is 12.7.